The van der Waals surface area contributed by atoms with Gasteiger partial charge < -0.3 is 15.2 Å². The van der Waals surface area contributed by atoms with E-state index in [1.807, 2.05) is 25.3 Å². The number of piperidine rings is 1. The lowest BCUT2D eigenvalue weighted by molar-refractivity contribution is -0.122. The van der Waals surface area contributed by atoms with Crippen molar-refractivity contribution in [1.82, 2.24) is 20.1 Å². The zero-order valence-electron chi connectivity index (χ0n) is 19.9. The van der Waals surface area contributed by atoms with Crippen molar-refractivity contribution in [3.05, 3.63) is 70.3 Å². The minimum atomic E-state index is -0.186. The van der Waals surface area contributed by atoms with Gasteiger partial charge in [0.2, 0.25) is 5.91 Å². The van der Waals surface area contributed by atoms with Crippen molar-refractivity contribution >= 4 is 32.7 Å². The number of hydrogen-bond donors (Lipinski definition) is 2. The van der Waals surface area contributed by atoms with Gasteiger partial charge in [-0.15, -0.1) is 0 Å². The number of fused-ring (bicyclic) bond motifs is 1. The first kappa shape index (κ1) is 24.0. The van der Waals surface area contributed by atoms with Crippen molar-refractivity contribution in [3.63, 3.8) is 0 Å². The Hall–Kier alpha value is -2.15. The second-order valence-electron chi connectivity index (χ2n) is 9.43. The summed E-state index contributed by atoms with van der Waals surface area (Å²) in [5.41, 5.74) is 3.64. The van der Waals surface area contributed by atoms with Crippen molar-refractivity contribution in [1.29, 1.82) is 0 Å². The highest BCUT2D eigenvalue weighted by atomic mass is 79.9. The normalized spacial score (nSPS) is 17.4. The van der Waals surface area contributed by atoms with Crippen LogP contribution in [0.25, 0.3) is 10.9 Å². The molecule has 1 saturated heterocycles. The molecule has 1 aromatic heterocycles. The van der Waals surface area contributed by atoms with E-state index in [4.69, 9.17) is 0 Å². The molecule has 1 fully saturated rings. The third-order valence-electron chi connectivity index (χ3n) is 7.34. The molecule has 0 bridgehead atoms. The number of nitrogens with zero attached hydrogens (tertiary/aromatic N) is 2. The standard InChI is InChI=1S/C27H35BrN4O/c1-20(24-19-30-25-11-10-22(28)18-23(24)25)26(33)29-14-7-15-32-16-12-27(13-17-32,31(2)3)21-8-5-4-6-9-21/h4-6,8-11,18-20,30H,7,12-17H2,1-3H3,(H,29,33). The lowest BCUT2D eigenvalue weighted by Gasteiger charge is -2.46. The summed E-state index contributed by atoms with van der Waals surface area (Å²) in [7, 11) is 4.40. The summed E-state index contributed by atoms with van der Waals surface area (Å²) in [4.78, 5) is 21.0. The minimum Gasteiger partial charge on any atom is -0.361 e. The van der Waals surface area contributed by atoms with Crippen LogP contribution in [0.5, 0.6) is 0 Å². The molecule has 1 unspecified atom stereocenters. The third kappa shape index (κ3) is 5.18. The summed E-state index contributed by atoms with van der Waals surface area (Å²) in [6, 6.07) is 17.0. The van der Waals surface area contributed by atoms with Crippen LogP contribution in [-0.2, 0) is 10.3 Å². The van der Waals surface area contributed by atoms with Gasteiger partial charge in [-0.2, -0.15) is 0 Å². The summed E-state index contributed by atoms with van der Waals surface area (Å²) in [6.45, 7) is 5.88. The Morgan fingerprint density at radius 1 is 1.18 bits per heavy atom. The lowest BCUT2D eigenvalue weighted by Crippen LogP contribution is -2.50. The molecule has 1 aliphatic heterocycles. The second kappa shape index (κ2) is 10.4. The highest BCUT2D eigenvalue weighted by molar-refractivity contribution is 9.10. The number of carbonyl (C=O) groups excluding carboxylic acids is 1. The van der Waals surface area contributed by atoms with Crippen LogP contribution in [0.3, 0.4) is 0 Å². The molecule has 0 aliphatic carbocycles. The first-order valence-electron chi connectivity index (χ1n) is 11.9. The van der Waals surface area contributed by atoms with E-state index >= 15 is 0 Å². The van der Waals surface area contributed by atoms with Gasteiger partial charge in [0.05, 0.1) is 5.92 Å². The van der Waals surface area contributed by atoms with E-state index in [1.165, 1.54) is 5.56 Å². The molecule has 4 rings (SSSR count). The Morgan fingerprint density at radius 3 is 2.61 bits per heavy atom. The fourth-order valence-corrected chi connectivity index (χ4v) is 5.53. The maximum Gasteiger partial charge on any atom is 0.227 e. The summed E-state index contributed by atoms with van der Waals surface area (Å²) in [6.07, 6.45) is 5.18. The van der Waals surface area contributed by atoms with Crippen LogP contribution in [0.2, 0.25) is 0 Å². The Bertz CT molecular complexity index is 1070. The predicted molar refractivity (Wildman–Crippen MR) is 140 cm³/mol. The van der Waals surface area contributed by atoms with E-state index < -0.39 is 0 Å². The lowest BCUT2D eigenvalue weighted by atomic mass is 9.80. The molecule has 2 aromatic carbocycles. The average molecular weight is 512 g/mol. The molecule has 0 saturated carbocycles. The van der Waals surface area contributed by atoms with Crippen LogP contribution < -0.4 is 5.32 Å². The highest BCUT2D eigenvalue weighted by Gasteiger charge is 2.37. The van der Waals surface area contributed by atoms with Crippen molar-refractivity contribution in [2.75, 3.05) is 40.3 Å². The van der Waals surface area contributed by atoms with Gasteiger partial charge in [-0.05, 0) is 76.2 Å². The molecule has 1 amide bonds. The van der Waals surface area contributed by atoms with Gasteiger partial charge >= 0.3 is 0 Å². The van der Waals surface area contributed by atoms with Crippen LogP contribution in [0.4, 0.5) is 0 Å². The van der Waals surface area contributed by atoms with Gasteiger partial charge in [-0.1, -0.05) is 46.3 Å². The number of carbonyl (C=O) groups is 1. The second-order valence-corrected chi connectivity index (χ2v) is 10.3. The molecular weight excluding hydrogens is 476 g/mol. The van der Waals surface area contributed by atoms with Gasteiger partial charge in [0.25, 0.3) is 0 Å². The fraction of sp³-hybridized carbons (Fsp3) is 0.444. The first-order valence-corrected chi connectivity index (χ1v) is 12.7. The maximum atomic E-state index is 12.8. The molecule has 0 radical (unpaired) electrons. The van der Waals surface area contributed by atoms with Crippen LogP contribution in [0.15, 0.2) is 59.2 Å². The molecule has 33 heavy (non-hydrogen) atoms. The van der Waals surface area contributed by atoms with E-state index in [0.717, 1.165) is 59.8 Å². The molecular formula is C27H35BrN4O. The van der Waals surface area contributed by atoms with Crippen LogP contribution in [0, 0.1) is 0 Å². The highest BCUT2D eigenvalue weighted by Crippen LogP contribution is 2.37. The van der Waals surface area contributed by atoms with Gasteiger partial charge in [0.1, 0.15) is 0 Å². The summed E-state index contributed by atoms with van der Waals surface area (Å²) in [5, 5.41) is 4.25. The third-order valence-corrected chi connectivity index (χ3v) is 7.83. The average Bonchev–Trinajstić information content (AvgIpc) is 3.25. The van der Waals surface area contributed by atoms with Gasteiger partial charge in [-0.25, -0.2) is 0 Å². The van der Waals surface area contributed by atoms with Crippen LogP contribution in [0.1, 0.15) is 43.2 Å². The summed E-state index contributed by atoms with van der Waals surface area (Å²) in [5.74, 6) is -0.0974. The van der Waals surface area contributed by atoms with Crippen molar-refractivity contribution < 1.29 is 4.79 Å². The summed E-state index contributed by atoms with van der Waals surface area (Å²) < 4.78 is 1.02. The first-order chi connectivity index (χ1) is 15.9. The number of likely N-dealkylation sites (tertiary alicyclic amines) is 1. The molecule has 2 heterocycles. The topological polar surface area (TPSA) is 51.4 Å². The van der Waals surface area contributed by atoms with E-state index in [9.17, 15) is 4.79 Å². The number of amides is 1. The van der Waals surface area contributed by atoms with Gasteiger partial charge in [-0.3, -0.25) is 9.69 Å². The quantitative estimate of drug-likeness (QED) is 0.414. The van der Waals surface area contributed by atoms with Crippen LogP contribution in [-0.4, -0.2) is 61.0 Å². The number of H-pyrrole nitrogens is 1. The van der Waals surface area contributed by atoms with Crippen LogP contribution >= 0.6 is 15.9 Å². The Kier molecular flexibility index (Phi) is 7.57. The largest absolute Gasteiger partial charge is 0.361 e. The predicted octanol–water partition coefficient (Wildman–Crippen LogP) is 5.09. The molecule has 6 heteroatoms. The zero-order chi connectivity index (χ0) is 23.4. The number of benzene rings is 2. The fourth-order valence-electron chi connectivity index (χ4n) is 5.17. The molecule has 2 N–H and O–H groups in total. The summed E-state index contributed by atoms with van der Waals surface area (Å²) >= 11 is 3.53. The molecule has 1 aliphatic rings. The van der Waals surface area contributed by atoms with Crippen molar-refractivity contribution in [2.45, 2.75) is 37.6 Å². The van der Waals surface area contributed by atoms with Crippen molar-refractivity contribution in [3.8, 4) is 0 Å². The zero-order valence-corrected chi connectivity index (χ0v) is 21.5. The molecule has 176 valence electrons. The van der Waals surface area contributed by atoms with E-state index in [2.05, 4.69) is 86.5 Å². The number of aromatic nitrogens is 1. The number of aromatic amines is 1. The minimum absolute atomic E-state index is 0.0882. The number of halogens is 1. The number of rotatable bonds is 8. The Labute approximate surface area is 205 Å². The van der Waals surface area contributed by atoms with Gasteiger partial charge in [0.15, 0.2) is 0 Å². The Balaban J connectivity index is 1.25. The molecule has 0 spiro atoms. The molecule has 5 nitrogen and oxygen atoms in total. The van der Waals surface area contributed by atoms with Crippen molar-refractivity contribution in [2.24, 2.45) is 0 Å². The Morgan fingerprint density at radius 2 is 1.91 bits per heavy atom. The number of nitrogens with one attached hydrogen (secondary N) is 2. The number of hydrogen-bond acceptors (Lipinski definition) is 3. The van der Waals surface area contributed by atoms with Gasteiger partial charge in [0, 0.05) is 46.7 Å². The maximum absolute atomic E-state index is 12.8. The van der Waals surface area contributed by atoms with E-state index in [0.29, 0.717) is 6.54 Å². The molecule has 1 atom stereocenters. The smallest absolute Gasteiger partial charge is 0.227 e. The molecule has 3 aromatic rings. The van der Waals surface area contributed by atoms with E-state index in [1.54, 1.807) is 0 Å². The monoisotopic (exact) mass is 510 g/mol. The SMILES string of the molecule is CC(C(=O)NCCCN1CCC(c2ccccc2)(N(C)C)CC1)c1c[nH]c2ccc(Br)cc12. The van der Waals surface area contributed by atoms with E-state index in [-0.39, 0.29) is 17.4 Å².